The molecule has 1 amide bonds. The molecule has 1 aromatic carbocycles. The first-order valence-electron chi connectivity index (χ1n) is 16.0. The van der Waals surface area contributed by atoms with Gasteiger partial charge >= 0.3 is 0 Å². The van der Waals surface area contributed by atoms with Crippen molar-refractivity contribution in [3.63, 3.8) is 0 Å². The van der Waals surface area contributed by atoms with Crippen molar-refractivity contribution in [2.24, 2.45) is 0 Å². The maximum absolute atomic E-state index is 13.4. The summed E-state index contributed by atoms with van der Waals surface area (Å²) in [4.78, 5) is 31.7. The van der Waals surface area contributed by atoms with Gasteiger partial charge < -0.3 is 14.8 Å². The number of hydrogen-bond acceptors (Lipinski definition) is 6. The molecular formula is C32H49N5O4S. The molecular weight excluding hydrogens is 550 g/mol. The number of amides is 1. The molecule has 10 heteroatoms. The fourth-order valence-electron chi connectivity index (χ4n) is 7.43. The summed E-state index contributed by atoms with van der Waals surface area (Å²) < 4.78 is 26.7. The summed E-state index contributed by atoms with van der Waals surface area (Å²) in [5.74, 6) is -0.240. The SMILES string of the molecule is CC(C)n1c(=O)c(C(=O)NC2C[C@H]3CC[C@@H](C2)N3CCCCCCCN2CCN(S(C)(=O)=O)CC2)cc2ccccc21. The van der Waals surface area contributed by atoms with Crippen LogP contribution in [0.2, 0.25) is 0 Å². The number of para-hydroxylation sites is 1. The number of carbonyl (C=O) groups excluding carboxylic acids is 1. The zero-order chi connectivity index (χ0) is 29.9. The van der Waals surface area contributed by atoms with Crippen LogP contribution in [0.3, 0.4) is 0 Å². The summed E-state index contributed by atoms with van der Waals surface area (Å²) in [5, 5.41) is 4.16. The topological polar surface area (TPSA) is 95.0 Å². The summed E-state index contributed by atoms with van der Waals surface area (Å²) in [6.45, 7) is 9.06. The molecule has 3 aliphatic rings. The van der Waals surface area contributed by atoms with Gasteiger partial charge in [0, 0.05) is 50.3 Å². The molecule has 0 saturated carbocycles. The number of benzene rings is 1. The number of hydrogen-bond donors (Lipinski definition) is 1. The van der Waals surface area contributed by atoms with E-state index in [1.807, 2.05) is 38.1 Å². The number of fused-ring (bicyclic) bond motifs is 3. The minimum Gasteiger partial charge on any atom is -0.349 e. The highest BCUT2D eigenvalue weighted by Gasteiger charge is 2.40. The number of aromatic nitrogens is 1. The third kappa shape index (κ3) is 7.26. The van der Waals surface area contributed by atoms with Crippen LogP contribution in [0.1, 0.15) is 88.0 Å². The van der Waals surface area contributed by atoms with E-state index in [0.717, 1.165) is 49.9 Å². The fourth-order valence-corrected chi connectivity index (χ4v) is 8.25. The van der Waals surface area contributed by atoms with Crippen molar-refractivity contribution in [1.29, 1.82) is 0 Å². The monoisotopic (exact) mass is 599 g/mol. The Kier molecular flexibility index (Phi) is 10.1. The molecule has 0 aliphatic carbocycles. The van der Waals surface area contributed by atoms with Gasteiger partial charge in [0.05, 0.1) is 11.8 Å². The zero-order valence-electron chi connectivity index (χ0n) is 25.6. The smallest absolute Gasteiger partial charge is 0.264 e. The summed E-state index contributed by atoms with van der Waals surface area (Å²) in [5.41, 5.74) is 0.898. The third-order valence-electron chi connectivity index (χ3n) is 9.62. The number of sulfonamides is 1. The molecule has 1 aromatic heterocycles. The van der Waals surface area contributed by atoms with Crippen molar-refractivity contribution in [2.75, 3.05) is 45.5 Å². The Balaban J connectivity index is 1.03. The van der Waals surface area contributed by atoms with Gasteiger partial charge in [0.25, 0.3) is 11.5 Å². The number of piperidine rings is 1. The van der Waals surface area contributed by atoms with E-state index in [1.54, 1.807) is 14.9 Å². The minimum absolute atomic E-state index is 0.0286. The van der Waals surface area contributed by atoms with Gasteiger partial charge in [-0.1, -0.05) is 37.5 Å². The number of pyridine rings is 1. The lowest BCUT2D eigenvalue weighted by molar-refractivity contribution is 0.0839. The van der Waals surface area contributed by atoms with Crippen LogP contribution in [0.15, 0.2) is 35.1 Å². The molecule has 3 aliphatic heterocycles. The van der Waals surface area contributed by atoms with Crippen LogP contribution in [0.4, 0.5) is 0 Å². The maximum Gasteiger partial charge on any atom is 0.264 e. The Morgan fingerprint density at radius 1 is 0.929 bits per heavy atom. The summed E-state index contributed by atoms with van der Waals surface area (Å²) in [6.07, 6.45) is 11.7. The van der Waals surface area contributed by atoms with Crippen LogP contribution in [0, 0.1) is 0 Å². The normalized spacial score (nSPS) is 24.0. The largest absolute Gasteiger partial charge is 0.349 e. The van der Waals surface area contributed by atoms with Crippen LogP contribution >= 0.6 is 0 Å². The number of unbranched alkanes of at least 4 members (excludes halogenated alkanes) is 4. The van der Waals surface area contributed by atoms with Crippen molar-refractivity contribution in [3.05, 3.63) is 46.2 Å². The first-order valence-corrected chi connectivity index (χ1v) is 17.8. The Bertz CT molecular complexity index is 1390. The van der Waals surface area contributed by atoms with Crippen molar-refractivity contribution < 1.29 is 13.2 Å². The number of carbonyl (C=O) groups is 1. The first-order chi connectivity index (χ1) is 20.1. The van der Waals surface area contributed by atoms with Crippen LogP contribution < -0.4 is 10.9 Å². The van der Waals surface area contributed by atoms with E-state index in [0.29, 0.717) is 25.2 Å². The van der Waals surface area contributed by atoms with E-state index in [9.17, 15) is 18.0 Å². The van der Waals surface area contributed by atoms with Gasteiger partial charge in [0.15, 0.2) is 0 Å². The summed E-state index contributed by atoms with van der Waals surface area (Å²) in [6, 6.07) is 10.7. The van der Waals surface area contributed by atoms with Crippen molar-refractivity contribution >= 4 is 26.8 Å². The molecule has 0 radical (unpaired) electrons. The standard InChI is InChI=1S/C32H49N5O4S/c1-24(2)37-30-12-8-7-11-25(30)21-29(32(37)39)31(38)33-26-22-27-13-14-28(23-26)36(27)16-10-6-4-5-9-15-34-17-19-35(20-18-34)42(3,40)41/h7-8,11-12,21,24,26-28H,4-6,9-10,13-20,22-23H2,1-3H3,(H,33,38)/t26?,27-,28+. The Morgan fingerprint density at radius 3 is 2.19 bits per heavy atom. The van der Waals surface area contributed by atoms with Gasteiger partial charge in [-0.25, -0.2) is 8.42 Å². The van der Waals surface area contributed by atoms with Gasteiger partial charge in [0.1, 0.15) is 5.56 Å². The summed E-state index contributed by atoms with van der Waals surface area (Å²) >= 11 is 0. The second-order valence-electron chi connectivity index (χ2n) is 12.9. The number of nitrogens with zero attached hydrogens (tertiary/aromatic N) is 4. The molecule has 1 unspecified atom stereocenters. The first kappa shape index (κ1) is 31.2. The van der Waals surface area contributed by atoms with E-state index in [2.05, 4.69) is 15.1 Å². The number of rotatable bonds is 12. The molecule has 3 atom stereocenters. The second kappa shape index (κ2) is 13.6. The van der Waals surface area contributed by atoms with E-state index in [-0.39, 0.29) is 29.1 Å². The third-order valence-corrected chi connectivity index (χ3v) is 10.9. The highest BCUT2D eigenvalue weighted by molar-refractivity contribution is 7.88. The second-order valence-corrected chi connectivity index (χ2v) is 14.9. The van der Waals surface area contributed by atoms with Gasteiger partial charge in [-0.2, -0.15) is 4.31 Å². The molecule has 3 saturated heterocycles. The number of piperazine rings is 1. The van der Waals surface area contributed by atoms with E-state index < -0.39 is 10.0 Å². The van der Waals surface area contributed by atoms with Crippen molar-refractivity contribution in [1.82, 2.24) is 24.0 Å². The average Bonchev–Trinajstić information content (AvgIpc) is 3.18. The Morgan fingerprint density at radius 2 is 1.55 bits per heavy atom. The van der Waals surface area contributed by atoms with Crippen molar-refractivity contribution in [3.8, 4) is 0 Å². The molecule has 1 N–H and O–H groups in total. The highest BCUT2D eigenvalue weighted by atomic mass is 32.2. The Labute approximate surface area is 251 Å². The lowest BCUT2D eigenvalue weighted by Crippen LogP contribution is -2.51. The predicted molar refractivity (Wildman–Crippen MR) is 169 cm³/mol. The van der Waals surface area contributed by atoms with Crippen molar-refractivity contribution in [2.45, 2.75) is 95.8 Å². The highest BCUT2D eigenvalue weighted by Crippen LogP contribution is 2.36. The minimum atomic E-state index is -3.06. The molecule has 42 heavy (non-hydrogen) atoms. The average molecular weight is 600 g/mol. The van der Waals surface area contributed by atoms with Gasteiger partial charge in [0.2, 0.25) is 10.0 Å². The maximum atomic E-state index is 13.4. The Hall–Kier alpha value is -2.27. The molecule has 2 bridgehead atoms. The molecule has 5 rings (SSSR count). The van der Waals surface area contributed by atoms with E-state index >= 15 is 0 Å². The lowest BCUT2D eigenvalue weighted by Gasteiger charge is -2.39. The molecule has 2 aromatic rings. The quantitative estimate of drug-likeness (QED) is 0.373. The van der Waals surface area contributed by atoms with Gasteiger partial charge in [-0.15, -0.1) is 0 Å². The molecule has 9 nitrogen and oxygen atoms in total. The molecule has 3 fully saturated rings. The van der Waals surface area contributed by atoms with Gasteiger partial charge in [-0.05, 0) is 83.0 Å². The molecule has 232 valence electrons. The van der Waals surface area contributed by atoms with Crippen LogP contribution in [0.25, 0.3) is 10.9 Å². The summed E-state index contributed by atoms with van der Waals surface area (Å²) in [7, 11) is -3.06. The zero-order valence-corrected chi connectivity index (χ0v) is 26.4. The van der Waals surface area contributed by atoms with Crippen LogP contribution in [-0.4, -0.2) is 96.6 Å². The molecule has 4 heterocycles. The van der Waals surface area contributed by atoms with E-state index in [1.165, 1.54) is 51.2 Å². The van der Waals surface area contributed by atoms with E-state index in [4.69, 9.17) is 0 Å². The fraction of sp³-hybridized carbons (Fsp3) is 0.688. The molecule has 0 spiro atoms. The van der Waals surface area contributed by atoms with Crippen LogP contribution in [0.5, 0.6) is 0 Å². The van der Waals surface area contributed by atoms with Gasteiger partial charge in [-0.3, -0.25) is 14.5 Å². The lowest BCUT2D eigenvalue weighted by atomic mass is 9.96. The predicted octanol–water partition coefficient (Wildman–Crippen LogP) is 3.84. The van der Waals surface area contributed by atoms with Crippen LogP contribution in [-0.2, 0) is 10.0 Å². The number of nitrogens with one attached hydrogen (secondary N) is 1.